The van der Waals surface area contributed by atoms with Crippen LogP contribution in [-0.2, 0) is 4.74 Å². The maximum atomic E-state index is 11.4. The molecule has 8 nitrogen and oxygen atoms in total. The molecule has 1 aromatic heterocycles. The highest BCUT2D eigenvalue weighted by Gasteiger charge is 2.10. The average Bonchev–Trinajstić information content (AvgIpc) is 2.59. The number of nitrogens with one attached hydrogen (secondary N) is 2. The Balaban J connectivity index is 1.61. The average molecular weight is 314 g/mol. The van der Waals surface area contributed by atoms with Crippen molar-refractivity contribution in [3.05, 3.63) is 45.9 Å². The molecule has 1 aliphatic rings. The molecular formula is C15H18N6O2. The Morgan fingerprint density at radius 3 is 2.70 bits per heavy atom. The number of nitrogens with zero attached hydrogens (tertiary/aromatic N) is 4. The molecule has 8 heteroatoms. The molecule has 0 aliphatic carbocycles. The topological polar surface area (TPSA) is 95.5 Å². The number of aromatic amines is 1. The molecule has 1 aliphatic heterocycles. The lowest BCUT2D eigenvalue weighted by molar-refractivity contribution is 0.122. The van der Waals surface area contributed by atoms with Gasteiger partial charge in [0.05, 0.1) is 19.4 Å². The van der Waals surface area contributed by atoms with Crippen LogP contribution in [0.3, 0.4) is 0 Å². The SMILES string of the molecule is Cc1nnc(N/N=C\c2ccc(N3CCOCC3)cc2)[nH]c1=O. The number of H-pyrrole nitrogens is 1. The molecular weight excluding hydrogens is 296 g/mol. The molecule has 1 aromatic carbocycles. The van der Waals surface area contributed by atoms with Gasteiger partial charge in [-0.3, -0.25) is 9.78 Å². The molecule has 0 atom stereocenters. The van der Waals surface area contributed by atoms with Crippen molar-refractivity contribution < 1.29 is 4.74 Å². The van der Waals surface area contributed by atoms with Crippen LogP contribution >= 0.6 is 0 Å². The lowest BCUT2D eigenvalue weighted by Crippen LogP contribution is -2.36. The molecule has 2 N–H and O–H groups in total. The van der Waals surface area contributed by atoms with Gasteiger partial charge in [0.2, 0.25) is 5.95 Å². The first-order valence-corrected chi connectivity index (χ1v) is 7.38. The molecule has 2 aromatic rings. The fraction of sp³-hybridized carbons (Fsp3) is 0.333. The van der Waals surface area contributed by atoms with Crippen LogP contribution in [-0.4, -0.2) is 47.7 Å². The number of ether oxygens (including phenoxy) is 1. The number of hydrazone groups is 1. The molecule has 0 bridgehead atoms. The Hall–Kier alpha value is -2.74. The van der Waals surface area contributed by atoms with Crippen LogP contribution < -0.4 is 15.9 Å². The van der Waals surface area contributed by atoms with Crippen LogP contribution in [0.25, 0.3) is 0 Å². The lowest BCUT2D eigenvalue weighted by Gasteiger charge is -2.28. The highest BCUT2D eigenvalue weighted by Crippen LogP contribution is 2.15. The van der Waals surface area contributed by atoms with Crippen molar-refractivity contribution in [2.75, 3.05) is 36.6 Å². The number of rotatable bonds is 4. The van der Waals surface area contributed by atoms with Gasteiger partial charge in [0.25, 0.3) is 5.56 Å². The Kier molecular flexibility index (Phi) is 4.62. The first-order valence-electron chi connectivity index (χ1n) is 7.38. The largest absolute Gasteiger partial charge is 0.378 e. The van der Waals surface area contributed by atoms with Crippen molar-refractivity contribution in [1.29, 1.82) is 0 Å². The zero-order valence-corrected chi connectivity index (χ0v) is 12.8. The van der Waals surface area contributed by atoms with Crippen LogP contribution in [0, 0.1) is 6.92 Å². The van der Waals surface area contributed by atoms with Gasteiger partial charge in [-0.2, -0.15) is 5.10 Å². The van der Waals surface area contributed by atoms with E-state index in [0.29, 0.717) is 5.69 Å². The van der Waals surface area contributed by atoms with Gasteiger partial charge in [-0.25, -0.2) is 5.43 Å². The molecule has 3 rings (SSSR count). The second-order valence-electron chi connectivity index (χ2n) is 5.15. The monoisotopic (exact) mass is 314 g/mol. The number of aromatic nitrogens is 3. The third-order valence-electron chi connectivity index (χ3n) is 3.51. The lowest BCUT2D eigenvalue weighted by atomic mass is 10.2. The van der Waals surface area contributed by atoms with E-state index in [0.717, 1.165) is 31.9 Å². The summed E-state index contributed by atoms with van der Waals surface area (Å²) >= 11 is 0. The summed E-state index contributed by atoms with van der Waals surface area (Å²) in [6.07, 6.45) is 1.66. The van der Waals surface area contributed by atoms with Crippen LogP contribution in [0.2, 0.25) is 0 Å². The summed E-state index contributed by atoms with van der Waals surface area (Å²) in [7, 11) is 0. The summed E-state index contributed by atoms with van der Waals surface area (Å²) in [5.41, 5.74) is 4.80. The molecule has 0 radical (unpaired) electrons. The van der Waals surface area contributed by atoms with Gasteiger partial charge in [-0.05, 0) is 24.6 Å². The predicted octanol–water partition coefficient (Wildman–Crippen LogP) is 0.756. The van der Waals surface area contributed by atoms with E-state index in [1.54, 1.807) is 13.1 Å². The van der Waals surface area contributed by atoms with Crippen LogP contribution in [0.15, 0.2) is 34.2 Å². The van der Waals surface area contributed by atoms with Crippen LogP contribution in [0.1, 0.15) is 11.3 Å². The highest BCUT2D eigenvalue weighted by molar-refractivity contribution is 5.80. The molecule has 1 fully saturated rings. The Labute approximate surface area is 133 Å². The van der Waals surface area contributed by atoms with Crippen molar-refractivity contribution >= 4 is 17.9 Å². The third-order valence-corrected chi connectivity index (χ3v) is 3.51. The van der Waals surface area contributed by atoms with Crippen molar-refractivity contribution in [3.8, 4) is 0 Å². The Morgan fingerprint density at radius 2 is 2.00 bits per heavy atom. The number of anilines is 2. The molecule has 120 valence electrons. The number of hydrogen-bond acceptors (Lipinski definition) is 7. The molecule has 0 spiro atoms. The number of hydrogen-bond donors (Lipinski definition) is 2. The first-order chi connectivity index (χ1) is 11.2. The van der Waals surface area contributed by atoms with E-state index in [1.807, 2.05) is 12.1 Å². The van der Waals surface area contributed by atoms with Crippen molar-refractivity contribution in [3.63, 3.8) is 0 Å². The van der Waals surface area contributed by atoms with E-state index in [2.05, 4.69) is 42.7 Å². The third kappa shape index (κ3) is 3.92. The molecule has 2 heterocycles. The minimum atomic E-state index is -0.285. The van der Waals surface area contributed by atoms with E-state index in [-0.39, 0.29) is 11.5 Å². The summed E-state index contributed by atoms with van der Waals surface area (Å²) < 4.78 is 5.35. The van der Waals surface area contributed by atoms with E-state index in [9.17, 15) is 4.79 Å². The standard InChI is InChI=1S/C15H18N6O2/c1-11-14(22)17-15(20-18-11)19-16-10-12-2-4-13(5-3-12)21-6-8-23-9-7-21/h2-5,10H,6-9H2,1H3,(H2,17,19,20,22)/b16-10-. The number of morpholine rings is 1. The highest BCUT2D eigenvalue weighted by atomic mass is 16.5. The molecule has 0 unspecified atom stereocenters. The quantitative estimate of drug-likeness (QED) is 0.639. The van der Waals surface area contributed by atoms with Crippen molar-refractivity contribution in [2.45, 2.75) is 6.92 Å². The minimum absolute atomic E-state index is 0.210. The van der Waals surface area contributed by atoms with Gasteiger partial charge >= 0.3 is 0 Å². The van der Waals surface area contributed by atoms with E-state index in [1.165, 1.54) is 5.69 Å². The summed E-state index contributed by atoms with van der Waals surface area (Å²) in [5.74, 6) is 0.210. The zero-order chi connectivity index (χ0) is 16.1. The first kappa shape index (κ1) is 15.2. The Morgan fingerprint density at radius 1 is 1.26 bits per heavy atom. The summed E-state index contributed by atoms with van der Waals surface area (Å²) in [6.45, 7) is 4.95. The molecule has 1 saturated heterocycles. The van der Waals surface area contributed by atoms with E-state index in [4.69, 9.17) is 4.74 Å². The number of aryl methyl sites for hydroxylation is 1. The van der Waals surface area contributed by atoms with Gasteiger partial charge < -0.3 is 9.64 Å². The normalized spacial score (nSPS) is 15.1. The van der Waals surface area contributed by atoms with Crippen molar-refractivity contribution in [2.24, 2.45) is 5.10 Å². The fourth-order valence-corrected chi connectivity index (χ4v) is 2.20. The van der Waals surface area contributed by atoms with Crippen molar-refractivity contribution in [1.82, 2.24) is 15.2 Å². The van der Waals surface area contributed by atoms with E-state index < -0.39 is 0 Å². The maximum absolute atomic E-state index is 11.4. The summed E-state index contributed by atoms with van der Waals surface area (Å²) in [5, 5.41) is 11.6. The van der Waals surface area contributed by atoms with E-state index >= 15 is 0 Å². The van der Waals surface area contributed by atoms with Gasteiger partial charge in [0.15, 0.2) is 0 Å². The predicted molar refractivity (Wildman–Crippen MR) is 88.1 cm³/mol. The Bertz CT molecular complexity index is 734. The molecule has 23 heavy (non-hydrogen) atoms. The van der Waals surface area contributed by atoms with Gasteiger partial charge in [0, 0.05) is 18.8 Å². The maximum Gasteiger partial charge on any atom is 0.274 e. The van der Waals surface area contributed by atoms with Gasteiger partial charge in [-0.15, -0.1) is 10.2 Å². The molecule has 0 saturated carbocycles. The van der Waals surface area contributed by atoms with Crippen LogP contribution in [0.5, 0.6) is 0 Å². The fourth-order valence-electron chi connectivity index (χ4n) is 2.20. The zero-order valence-electron chi connectivity index (χ0n) is 12.8. The number of benzene rings is 1. The van der Waals surface area contributed by atoms with Gasteiger partial charge in [0.1, 0.15) is 5.69 Å². The minimum Gasteiger partial charge on any atom is -0.378 e. The summed E-state index contributed by atoms with van der Waals surface area (Å²) in [6, 6.07) is 8.08. The second kappa shape index (κ2) is 7.01. The smallest absolute Gasteiger partial charge is 0.274 e. The van der Waals surface area contributed by atoms with Crippen LogP contribution in [0.4, 0.5) is 11.6 Å². The van der Waals surface area contributed by atoms with Gasteiger partial charge in [-0.1, -0.05) is 12.1 Å². The second-order valence-corrected chi connectivity index (χ2v) is 5.15. The molecule has 0 amide bonds. The summed E-state index contributed by atoms with van der Waals surface area (Å²) in [4.78, 5) is 16.2.